The quantitative estimate of drug-likeness (QED) is 0.0877. The van der Waals surface area contributed by atoms with Crippen LogP contribution in [0.1, 0.15) is 71.1 Å². The van der Waals surface area contributed by atoms with Gasteiger partial charge in [-0.1, -0.05) is 6.58 Å². The number of alkyl halides is 13. The molecule has 4 aliphatic carbocycles. The van der Waals surface area contributed by atoms with Crippen molar-refractivity contribution in [3.05, 3.63) is 12.2 Å². The maximum Gasteiger partial charge on any atom is 0.394 e. The zero-order valence-electron chi connectivity index (χ0n) is 23.3. The fraction of sp³-hybridized carbons (Fsp3) is 0.808. The van der Waals surface area contributed by atoms with E-state index in [-0.39, 0.29) is 24.8 Å². The molecule has 4 aliphatic rings. The molecule has 0 aliphatic heterocycles. The van der Waals surface area contributed by atoms with Crippen molar-refractivity contribution in [2.75, 3.05) is 0 Å². The second-order valence-electron chi connectivity index (χ2n) is 12.4. The lowest BCUT2D eigenvalue weighted by molar-refractivity contribution is -0.280. The van der Waals surface area contributed by atoms with Crippen molar-refractivity contribution in [2.45, 2.75) is 124 Å². The van der Waals surface area contributed by atoms with Gasteiger partial charge in [0.1, 0.15) is 29.6 Å². The summed E-state index contributed by atoms with van der Waals surface area (Å²) < 4.78 is 189. The second-order valence-corrected chi connectivity index (χ2v) is 12.4. The van der Waals surface area contributed by atoms with E-state index in [1.165, 1.54) is 6.92 Å². The van der Waals surface area contributed by atoms with Crippen LogP contribution in [0.2, 0.25) is 0 Å². The summed E-state index contributed by atoms with van der Waals surface area (Å²) in [4.78, 5) is 37.4. The molecule has 4 saturated carbocycles. The van der Waals surface area contributed by atoms with Crippen LogP contribution in [0.5, 0.6) is 0 Å². The topological polar surface area (TPSA) is 78.9 Å². The van der Waals surface area contributed by atoms with Crippen molar-refractivity contribution >= 4 is 17.9 Å². The van der Waals surface area contributed by atoms with Gasteiger partial charge in [0.25, 0.3) is 11.8 Å². The Bertz CT molecular complexity index is 1200. The first-order valence-corrected chi connectivity index (χ1v) is 13.2. The molecule has 45 heavy (non-hydrogen) atoms. The Labute approximate surface area is 246 Å². The minimum atomic E-state index is -5.58. The van der Waals surface area contributed by atoms with Crippen molar-refractivity contribution in [3.8, 4) is 0 Å². The van der Waals surface area contributed by atoms with Gasteiger partial charge in [-0.25, -0.2) is 44.7 Å². The third kappa shape index (κ3) is 8.95. The van der Waals surface area contributed by atoms with Crippen LogP contribution in [0.15, 0.2) is 12.2 Å². The molecule has 4 bridgehead atoms. The van der Waals surface area contributed by atoms with E-state index in [4.69, 9.17) is 14.2 Å². The summed E-state index contributed by atoms with van der Waals surface area (Å²) >= 11 is 0. The fourth-order valence-electron chi connectivity index (χ4n) is 6.80. The number of halogens is 13. The van der Waals surface area contributed by atoms with Crippen LogP contribution in [0, 0.1) is 5.92 Å². The van der Waals surface area contributed by atoms with E-state index >= 15 is 0 Å². The molecule has 0 N–H and O–H groups in total. The average molecular weight is 682 g/mol. The molecular weight excluding hydrogens is 655 g/mol. The van der Waals surface area contributed by atoms with Crippen LogP contribution in [-0.2, 0) is 28.6 Å². The Balaban J connectivity index is 1.89. The first-order valence-electron chi connectivity index (χ1n) is 13.2. The molecule has 4 unspecified atom stereocenters. The summed E-state index contributed by atoms with van der Waals surface area (Å²) in [5, 5.41) is 0. The lowest BCUT2D eigenvalue weighted by Crippen LogP contribution is -2.69. The average Bonchev–Trinajstić information content (AvgIpc) is 2.72. The molecule has 0 amide bonds. The Hall–Kier alpha value is -2.76. The van der Waals surface area contributed by atoms with Gasteiger partial charge in [0.15, 0.2) is 0 Å². The van der Waals surface area contributed by atoms with E-state index in [2.05, 4.69) is 6.58 Å². The second kappa shape index (κ2) is 11.5. The predicted molar refractivity (Wildman–Crippen MR) is 123 cm³/mol. The van der Waals surface area contributed by atoms with Gasteiger partial charge in [-0.3, -0.25) is 4.79 Å². The summed E-state index contributed by atoms with van der Waals surface area (Å²) in [6, 6.07) is 0. The zero-order chi connectivity index (χ0) is 34.7. The van der Waals surface area contributed by atoms with Crippen LogP contribution in [0.3, 0.4) is 0 Å². The summed E-state index contributed by atoms with van der Waals surface area (Å²) in [5.74, 6) is -26.7. The highest BCUT2D eigenvalue weighted by atomic mass is 19.4. The molecule has 0 radical (unpaired) electrons. The van der Waals surface area contributed by atoms with Crippen molar-refractivity contribution in [1.29, 1.82) is 0 Å². The van der Waals surface area contributed by atoms with Crippen molar-refractivity contribution in [2.24, 2.45) is 5.92 Å². The largest absolute Gasteiger partial charge is 0.459 e. The molecule has 0 heterocycles. The predicted octanol–water partition coefficient (Wildman–Crippen LogP) is 7.34. The normalized spacial score (nSPS) is 28.6. The lowest BCUT2D eigenvalue weighted by Gasteiger charge is -2.63. The lowest BCUT2D eigenvalue weighted by atomic mass is 9.50. The highest BCUT2D eigenvalue weighted by Crippen LogP contribution is 2.63. The van der Waals surface area contributed by atoms with E-state index in [9.17, 15) is 71.5 Å². The minimum absolute atomic E-state index is 0.0819. The molecule has 4 fully saturated rings. The number of hydrogen-bond donors (Lipinski definition) is 0. The van der Waals surface area contributed by atoms with E-state index < -0.39 is 122 Å². The molecule has 0 spiro atoms. The van der Waals surface area contributed by atoms with E-state index in [1.54, 1.807) is 0 Å². The van der Waals surface area contributed by atoms with Gasteiger partial charge in [-0.15, -0.1) is 0 Å². The third-order valence-electron chi connectivity index (χ3n) is 7.67. The maximum atomic E-state index is 14.6. The summed E-state index contributed by atoms with van der Waals surface area (Å²) in [6.45, 7) is 4.57. The number of ether oxygens (including phenoxy) is 3. The van der Waals surface area contributed by atoms with E-state index in [0.717, 1.165) is 0 Å². The number of carbonyl (C=O) groups is 3. The molecule has 0 aromatic carbocycles. The van der Waals surface area contributed by atoms with Gasteiger partial charge in [-0.05, 0) is 32.1 Å². The van der Waals surface area contributed by atoms with E-state index in [1.807, 2.05) is 0 Å². The van der Waals surface area contributed by atoms with Gasteiger partial charge in [0, 0.05) is 24.8 Å². The molecular formula is C26H27F13O6. The molecule has 0 aromatic heterocycles. The minimum Gasteiger partial charge on any atom is -0.459 e. The molecule has 0 saturated heterocycles. The van der Waals surface area contributed by atoms with Crippen LogP contribution < -0.4 is 0 Å². The number of rotatable bonds is 13. The van der Waals surface area contributed by atoms with E-state index in [0.29, 0.717) is 0 Å². The van der Waals surface area contributed by atoms with Crippen LogP contribution >= 0.6 is 0 Å². The fourth-order valence-corrected chi connectivity index (χ4v) is 6.80. The Morgan fingerprint density at radius 3 is 1.64 bits per heavy atom. The smallest absolute Gasteiger partial charge is 0.394 e. The van der Waals surface area contributed by atoms with Gasteiger partial charge < -0.3 is 14.2 Å². The van der Waals surface area contributed by atoms with Gasteiger partial charge >= 0.3 is 42.4 Å². The van der Waals surface area contributed by atoms with Crippen LogP contribution in [0.25, 0.3) is 0 Å². The van der Waals surface area contributed by atoms with Crippen molar-refractivity contribution in [3.63, 3.8) is 0 Å². The van der Waals surface area contributed by atoms with Crippen LogP contribution in [-0.4, -0.2) is 71.0 Å². The van der Waals surface area contributed by atoms with Gasteiger partial charge in [0.05, 0.1) is 12.8 Å². The van der Waals surface area contributed by atoms with Gasteiger partial charge in [-0.2, -0.15) is 22.0 Å². The highest BCUT2D eigenvalue weighted by molar-refractivity contribution is 5.87. The third-order valence-corrected chi connectivity index (χ3v) is 7.67. The Kier molecular flexibility index (Phi) is 9.37. The molecule has 258 valence electrons. The first kappa shape index (κ1) is 36.7. The first-order chi connectivity index (χ1) is 20.0. The van der Waals surface area contributed by atoms with Crippen molar-refractivity contribution in [1.82, 2.24) is 0 Å². The number of esters is 3. The Morgan fingerprint density at radius 1 is 0.733 bits per heavy atom. The van der Waals surface area contributed by atoms with Crippen LogP contribution in [0.4, 0.5) is 57.1 Å². The standard InChI is InChI=1S/C26H27F13O6/c1-13(2)16(41)44-20-4-14-3-19(7-20,43-15(40)6-22(29,30)10-24(33,34)17(27)28)8-21(5-14,9-20)45-18(42)25(35,36)11-23(31,32)12-26(37,38)39/h14,17H,1,3-12H2,2H3. The highest BCUT2D eigenvalue weighted by Gasteiger charge is 2.69. The number of hydrogen-bond acceptors (Lipinski definition) is 6. The summed E-state index contributed by atoms with van der Waals surface area (Å²) in [6.07, 6.45) is -23.4. The van der Waals surface area contributed by atoms with Gasteiger partial charge in [0.2, 0.25) is 0 Å². The van der Waals surface area contributed by atoms with Crippen molar-refractivity contribution < 1.29 is 85.7 Å². The number of carbonyl (C=O) groups excluding carboxylic acids is 3. The summed E-state index contributed by atoms with van der Waals surface area (Å²) in [5.41, 5.74) is -6.26. The monoisotopic (exact) mass is 682 g/mol. The molecule has 19 heteroatoms. The molecule has 6 nitrogen and oxygen atoms in total. The molecule has 0 aromatic rings. The molecule has 4 rings (SSSR count). The Morgan fingerprint density at radius 2 is 1.20 bits per heavy atom. The molecule has 4 atom stereocenters. The zero-order valence-corrected chi connectivity index (χ0v) is 23.3. The maximum absolute atomic E-state index is 14.6. The summed E-state index contributed by atoms with van der Waals surface area (Å²) in [7, 11) is 0. The SMILES string of the molecule is C=C(C)C(=O)OC12CC3CC(OC(=O)CC(F)(F)CC(F)(F)C(F)F)(C1)CC(OC(=O)C(F)(F)CC(F)(F)CC(F)(F)F)(C3)C2.